The Bertz CT molecular complexity index is 350. The van der Waals surface area contributed by atoms with Gasteiger partial charge < -0.3 is 5.73 Å². The predicted octanol–water partition coefficient (Wildman–Crippen LogP) is 2.88. The molecule has 0 heterocycles. The molecule has 0 fully saturated rings. The fraction of sp³-hybridized carbons (Fsp3) is 0.538. The van der Waals surface area contributed by atoms with Crippen molar-refractivity contribution in [2.45, 2.75) is 33.4 Å². The van der Waals surface area contributed by atoms with Gasteiger partial charge in [0.25, 0.3) is 0 Å². The van der Waals surface area contributed by atoms with Crippen LogP contribution in [0.4, 0.5) is 10.1 Å². The molecule has 16 heavy (non-hydrogen) atoms. The van der Waals surface area contributed by atoms with Gasteiger partial charge in [-0.15, -0.1) is 0 Å². The Hall–Kier alpha value is -1.09. The molecule has 0 saturated heterocycles. The molecule has 1 aromatic carbocycles. The summed E-state index contributed by atoms with van der Waals surface area (Å²) in [6.07, 6.45) is 0. The van der Waals surface area contributed by atoms with Crippen LogP contribution in [0.5, 0.6) is 0 Å². The fourth-order valence-corrected chi connectivity index (χ4v) is 1.61. The summed E-state index contributed by atoms with van der Waals surface area (Å²) in [6.45, 7) is 7.10. The van der Waals surface area contributed by atoms with Crippen molar-refractivity contribution in [3.8, 4) is 0 Å². The van der Waals surface area contributed by atoms with Crippen molar-refractivity contribution in [3.05, 3.63) is 29.6 Å². The van der Waals surface area contributed by atoms with E-state index in [1.807, 2.05) is 7.05 Å². The van der Waals surface area contributed by atoms with Crippen molar-refractivity contribution in [1.29, 1.82) is 0 Å². The lowest BCUT2D eigenvalue weighted by atomic mass is 10.0. The minimum Gasteiger partial charge on any atom is -0.399 e. The first-order chi connectivity index (χ1) is 7.41. The summed E-state index contributed by atoms with van der Waals surface area (Å²) in [5, 5.41) is 0. The van der Waals surface area contributed by atoms with E-state index in [4.69, 9.17) is 5.73 Å². The van der Waals surface area contributed by atoms with Gasteiger partial charge in [0, 0.05) is 23.8 Å². The van der Waals surface area contributed by atoms with Crippen molar-refractivity contribution >= 4 is 5.69 Å². The molecule has 0 saturated carbocycles. The highest BCUT2D eigenvalue weighted by atomic mass is 19.1. The predicted molar refractivity (Wildman–Crippen MR) is 66.6 cm³/mol. The molecule has 2 N–H and O–H groups in total. The molecule has 0 aliphatic rings. The molecule has 0 bridgehead atoms. The first kappa shape index (κ1) is 13.0. The molecule has 1 aromatic rings. The van der Waals surface area contributed by atoms with Gasteiger partial charge in [0.15, 0.2) is 0 Å². The van der Waals surface area contributed by atoms with Crippen molar-refractivity contribution in [2.75, 3.05) is 12.8 Å². The van der Waals surface area contributed by atoms with Gasteiger partial charge in [-0.05, 0) is 32.0 Å². The molecular weight excluding hydrogens is 203 g/mol. The summed E-state index contributed by atoms with van der Waals surface area (Å²) < 4.78 is 13.6. The molecule has 0 amide bonds. The van der Waals surface area contributed by atoms with Crippen LogP contribution in [-0.4, -0.2) is 18.0 Å². The third-order valence-electron chi connectivity index (χ3n) is 3.16. The smallest absolute Gasteiger partial charge is 0.129 e. The van der Waals surface area contributed by atoms with Crippen molar-refractivity contribution in [3.63, 3.8) is 0 Å². The zero-order valence-corrected chi connectivity index (χ0v) is 10.5. The van der Waals surface area contributed by atoms with Crippen LogP contribution >= 0.6 is 0 Å². The lowest BCUT2D eigenvalue weighted by Gasteiger charge is -2.28. The number of nitrogen functional groups attached to an aromatic ring is 1. The largest absolute Gasteiger partial charge is 0.399 e. The summed E-state index contributed by atoms with van der Waals surface area (Å²) in [5.41, 5.74) is 6.68. The van der Waals surface area contributed by atoms with Crippen LogP contribution in [0.1, 0.15) is 26.3 Å². The highest BCUT2D eigenvalue weighted by Gasteiger charge is 2.14. The Labute approximate surface area is 97.3 Å². The highest BCUT2D eigenvalue weighted by Crippen LogP contribution is 2.16. The summed E-state index contributed by atoms with van der Waals surface area (Å²) >= 11 is 0. The van der Waals surface area contributed by atoms with Crippen LogP contribution in [0.2, 0.25) is 0 Å². The maximum atomic E-state index is 13.6. The van der Waals surface area contributed by atoms with Gasteiger partial charge >= 0.3 is 0 Å². The molecule has 2 nitrogen and oxygen atoms in total. The minimum absolute atomic E-state index is 0.220. The maximum absolute atomic E-state index is 13.6. The molecule has 0 spiro atoms. The molecule has 0 aromatic heterocycles. The van der Waals surface area contributed by atoms with Crippen molar-refractivity contribution in [1.82, 2.24) is 4.90 Å². The Kier molecular flexibility index (Phi) is 4.30. The molecule has 1 rings (SSSR count). The van der Waals surface area contributed by atoms with Gasteiger partial charge in [0.05, 0.1) is 0 Å². The monoisotopic (exact) mass is 224 g/mol. The van der Waals surface area contributed by atoms with E-state index in [-0.39, 0.29) is 5.82 Å². The lowest BCUT2D eigenvalue weighted by Crippen LogP contribution is -2.32. The number of rotatable bonds is 4. The van der Waals surface area contributed by atoms with Gasteiger partial charge in [-0.25, -0.2) is 4.39 Å². The first-order valence-corrected chi connectivity index (χ1v) is 5.66. The fourth-order valence-electron chi connectivity index (χ4n) is 1.61. The number of nitrogens with two attached hydrogens (primary N) is 1. The SMILES string of the molecule is CC(C)C(C)N(C)Cc1ccc(N)cc1F. The number of hydrogen-bond donors (Lipinski definition) is 1. The number of nitrogens with zero attached hydrogens (tertiary/aromatic N) is 1. The molecule has 1 unspecified atom stereocenters. The van der Waals surface area contributed by atoms with Gasteiger partial charge in [0.1, 0.15) is 5.82 Å². The number of halogens is 1. The Morgan fingerprint density at radius 3 is 2.44 bits per heavy atom. The molecule has 0 aliphatic heterocycles. The average Bonchev–Trinajstić information content (AvgIpc) is 2.20. The third kappa shape index (κ3) is 3.20. The van der Waals surface area contributed by atoms with E-state index in [9.17, 15) is 4.39 Å². The van der Waals surface area contributed by atoms with Gasteiger partial charge in [0.2, 0.25) is 0 Å². The first-order valence-electron chi connectivity index (χ1n) is 5.66. The normalized spacial score (nSPS) is 13.4. The standard InChI is InChI=1S/C13H21FN2/c1-9(2)10(3)16(4)8-11-5-6-12(15)7-13(11)14/h5-7,9-10H,8,15H2,1-4H3. The Morgan fingerprint density at radius 1 is 1.31 bits per heavy atom. The average molecular weight is 224 g/mol. The summed E-state index contributed by atoms with van der Waals surface area (Å²) in [6, 6.07) is 5.31. The summed E-state index contributed by atoms with van der Waals surface area (Å²) in [5.74, 6) is 0.338. The van der Waals surface area contributed by atoms with Crippen LogP contribution in [-0.2, 0) is 6.54 Å². The van der Waals surface area contributed by atoms with E-state index < -0.39 is 0 Å². The highest BCUT2D eigenvalue weighted by molar-refractivity contribution is 5.40. The van der Waals surface area contributed by atoms with Crippen molar-refractivity contribution < 1.29 is 4.39 Å². The van der Waals surface area contributed by atoms with E-state index in [1.54, 1.807) is 12.1 Å². The topological polar surface area (TPSA) is 29.3 Å². The third-order valence-corrected chi connectivity index (χ3v) is 3.16. The Morgan fingerprint density at radius 2 is 1.94 bits per heavy atom. The summed E-state index contributed by atoms with van der Waals surface area (Å²) in [4.78, 5) is 2.15. The number of hydrogen-bond acceptors (Lipinski definition) is 2. The van der Waals surface area contributed by atoms with Crippen LogP contribution < -0.4 is 5.73 Å². The molecule has 90 valence electrons. The second kappa shape index (κ2) is 5.30. The van der Waals surface area contributed by atoms with Crippen LogP contribution in [0.15, 0.2) is 18.2 Å². The quantitative estimate of drug-likeness (QED) is 0.797. The van der Waals surface area contributed by atoms with E-state index >= 15 is 0 Å². The van der Waals surface area contributed by atoms with E-state index in [1.165, 1.54) is 6.07 Å². The van der Waals surface area contributed by atoms with Gasteiger partial charge in [-0.1, -0.05) is 19.9 Å². The molecule has 1 atom stereocenters. The lowest BCUT2D eigenvalue weighted by molar-refractivity contribution is 0.198. The maximum Gasteiger partial charge on any atom is 0.129 e. The Balaban J connectivity index is 2.73. The van der Waals surface area contributed by atoms with Crippen LogP contribution in [0, 0.1) is 11.7 Å². The van der Waals surface area contributed by atoms with Crippen molar-refractivity contribution in [2.24, 2.45) is 5.92 Å². The van der Waals surface area contributed by atoms with Crippen LogP contribution in [0.3, 0.4) is 0 Å². The molecule has 3 heteroatoms. The number of benzene rings is 1. The van der Waals surface area contributed by atoms with E-state index in [0.717, 1.165) is 0 Å². The number of anilines is 1. The zero-order chi connectivity index (χ0) is 12.3. The summed E-state index contributed by atoms with van der Waals surface area (Å²) in [7, 11) is 2.01. The second-order valence-electron chi connectivity index (χ2n) is 4.75. The molecule has 0 aliphatic carbocycles. The molecular formula is C13H21FN2. The minimum atomic E-state index is -0.220. The van der Waals surface area contributed by atoms with Gasteiger partial charge in [-0.2, -0.15) is 0 Å². The molecule has 0 radical (unpaired) electrons. The van der Waals surface area contributed by atoms with E-state index in [0.29, 0.717) is 29.8 Å². The zero-order valence-electron chi connectivity index (χ0n) is 10.5. The van der Waals surface area contributed by atoms with Crippen LogP contribution in [0.25, 0.3) is 0 Å². The van der Waals surface area contributed by atoms with Gasteiger partial charge in [-0.3, -0.25) is 4.90 Å². The van der Waals surface area contributed by atoms with E-state index in [2.05, 4.69) is 25.7 Å². The second-order valence-corrected chi connectivity index (χ2v) is 4.75.